The molecule has 2 heterocycles. The van der Waals surface area contributed by atoms with Gasteiger partial charge in [-0.3, -0.25) is 0 Å². The largest absolute Gasteiger partial charge is 0.494 e. The molecule has 0 aliphatic carbocycles. The number of nitrogens with zero attached hydrogens (tertiary/aromatic N) is 1. The van der Waals surface area contributed by atoms with Crippen LogP contribution < -0.4 is 5.46 Å². The molecule has 1 fully saturated rings. The van der Waals surface area contributed by atoms with E-state index in [1.54, 1.807) is 0 Å². The van der Waals surface area contributed by atoms with Gasteiger partial charge in [-0.05, 0) is 50.7 Å². The first kappa shape index (κ1) is 17.0. The molecule has 126 valence electrons. The standard InChI is InChI=1S/C16H24BNO4S/c1-15(2)16(3,4)22-17(21-15)14-7-6-13-11-18(23(5,19)20)9-8-12(13)10-14/h6-7,10H,8-9,11H2,1-5H3. The highest BCUT2D eigenvalue weighted by Gasteiger charge is 2.51. The average Bonchev–Trinajstić information content (AvgIpc) is 2.65. The Balaban J connectivity index is 1.84. The fourth-order valence-electron chi connectivity index (χ4n) is 2.96. The van der Waals surface area contributed by atoms with Crippen LogP contribution in [0.3, 0.4) is 0 Å². The molecule has 0 amide bonds. The molecule has 0 saturated carbocycles. The van der Waals surface area contributed by atoms with Gasteiger partial charge in [0, 0.05) is 13.1 Å². The van der Waals surface area contributed by atoms with Gasteiger partial charge in [0.1, 0.15) is 0 Å². The van der Waals surface area contributed by atoms with Gasteiger partial charge in [0.25, 0.3) is 0 Å². The van der Waals surface area contributed by atoms with E-state index >= 15 is 0 Å². The average molecular weight is 337 g/mol. The lowest BCUT2D eigenvalue weighted by molar-refractivity contribution is 0.00578. The molecule has 1 aromatic rings. The van der Waals surface area contributed by atoms with Gasteiger partial charge >= 0.3 is 7.12 Å². The van der Waals surface area contributed by atoms with Crippen LogP contribution in [-0.4, -0.2) is 43.8 Å². The maximum absolute atomic E-state index is 11.7. The molecule has 3 rings (SSSR count). The van der Waals surface area contributed by atoms with Crippen molar-refractivity contribution < 1.29 is 17.7 Å². The molecular formula is C16H24BNO4S. The van der Waals surface area contributed by atoms with E-state index in [4.69, 9.17) is 9.31 Å². The van der Waals surface area contributed by atoms with E-state index in [0.717, 1.165) is 17.4 Å². The number of hydrogen-bond acceptors (Lipinski definition) is 4. The fourth-order valence-corrected chi connectivity index (χ4v) is 3.75. The van der Waals surface area contributed by atoms with Crippen LogP contribution in [0.4, 0.5) is 0 Å². The molecule has 0 unspecified atom stereocenters. The number of sulfonamides is 1. The van der Waals surface area contributed by atoms with Crippen LogP contribution in [0, 0.1) is 0 Å². The third kappa shape index (κ3) is 3.07. The van der Waals surface area contributed by atoms with Crippen LogP contribution in [0.2, 0.25) is 0 Å². The van der Waals surface area contributed by atoms with Crippen LogP contribution in [0.1, 0.15) is 38.8 Å². The topological polar surface area (TPSA) is 55.8 Å². The summed E-state index contributed by atoms with van der Waals surface area (Å²) in [7, 11) is -3.52. The first-order valence-corrected chi connectivity index (χ1v) is 9.77. The summed E-state index contributed by atoms with van der Waals surface area (Å²) in [5.74, 6) is 0. The third-order valence-electron chi connectivity index (χ3n) is 5.20. The van der Waals surface area contributed by atoms with Crippen LogP contribution in [0.25, 0.3) is 0 Å². The molecule has 0 aromatic heterocycles. The lowest BCUT2D eigenvalue weighted by Gasteiger charge is -2.32. The minimum absolute atomic E-state index is 0.360. The Hall–Kier alpha value is -0.885. The molecule has 0 N–H and O–H groups in total. The molecule has 0 radical (unpaired) electrons. The quantitative estimate of drug-likeness (QED) is 0.764. The zero-order valence-corrected chi connectivity index (χ0v) is 15.2. The monoisotopic (exact) mass is 337 g/mol. The van der Waals surface area contributed by atoms with Gasteiger partial charge in [0.05, 0.1) is 17.5 Å². The lowest BCUT2D eigenvalue weighted by atomic mass is 9.77. The minimum atomic E-state index is -3.14. The second-order valence-corrected chi connectivity index (χ2v) is 9.45. The predicted octanol–water partition coefficient (Wildman–Crippen LogP) is 1.30. The van der Waals surface area contributed by atoms with Crippen molar-refractivity contribution in [2.75, 3.05) is 12.8 Å². The summed E-state index contributed by atoms with van der Waals surface area (Å²) in [5.41, 5.74) is 2.51. The van der Waals surface area contributed by atoms with Crippen LogP contribution in [0.5, 0.6) is 0 Å². The summed E-state index contributed by atoms with van der Waals surface area (Å²) in [6, 6.07) is 6.07. The summed E-state index contributed by atoms with van der Waals surface area (Å²) < 4.78 is 37.1. The van der Waals surface area contributed by atoms with Gasteiger partial charge in [-0.2, -0.15) is 4.31 Å². The Labute approximate surface area is 139 Å². The molecule has 2 aliphatic rings. The summed E-state index contributed by atoms with van der Waals surface area (Å²) in [6.45, 7) is 9.12. The summed E-state index contributed by atoms with van der Waals surface area (Å²) >= 11 is 0. The Morgan fingerprint density at radius 1 is 1.09 bits per heavy atom. The molecule has 1 aromatic carbocycles. The van der Waals surface area contributed by atoms with Crippen molar-refractivity contribution in [1.29, 1.82) is 0 Å². The number of rotatable bonds is 2. The first-order valence-electron chi connectivity index (χ1n) is 7.92. The lowest BCUT2D eigenvalue weighted by Crippen LogP contribution is -2.41. The van der Waals surface area contributed by atoms with Gasteiger partial charge in [-0.1, -0.05) is 18.2 Å². The summed E-state index contributed by atoms with van der Waals surface area (Å²) in [6.07, 6.45) is 1.98. The minimum Gasteiger partial charge on any atom is -0.399 e. The van der Waals surface area contributed by atoms with Crippen molar-refractivity contribution >= 4 is 22.6 Å². The highest BCUT2D eigenvalue weighted by atomic mass is 32.2. The van der Waals surface area contributed by atoms with Crippen LogP contribution in [-0.2, 0) is 32.3 Å². The SMILES string of the molecule is CC1(C)OB(c2ccc3c(c2)CCN(S(C)(=O)=O)C3)OC1(C)C. The van der Waals surface area contributed by atoms with E-state index in [-0.39, 0.29) is 18.3 Å². The highest BCUT2D eigenvalue weighted by molar-refractivity contribution is 7.88. The molecule has 0 spiro atoms. The van der Waals surface area contributed by atoms with E-state index in [9.17, 15) is 8.42 Å². The van der Waals surface area contributed by atoms with Gasteiger partial charge in [-0.15, -0.1) is 0 Å². The Kier molecular flexibility index (Phi) is 3.91. The second-order valence-electron chi connectivity index (χ2n) is 7.46. The Bertz CT molecular complexity index is 714. The number of hydrogen-bond donors (Lipinski definition) is 0. The van der Waals surface area contributed by atoms with Crippen molar-refractivity contribution in [3.8, 4) is 0 Å². The van der Waals surface area contributed by atoms with Gasteiger partial charge in [0.15, 0.2) is 0 Å². The van der Waals surface area contributed by atoms with Crippen molar-refractivity contribution in [2.45, 2.75) is 51.9 Å². The molecule has 23 heavy (non-hydrogen) atoms. The maximum Gasteiger partial charge on any atom is 0.494 e. The fraction of sp³-hybridized carbons (Fsp3) is 0.625. The molecule has 2 aliphatic heterocycles. The van der Waals surface area contributed by atoms with Crippen molar-refractivity contribution in [3.05, 3.63) is 29.3 Å². The van der Waals surface area contributed by atoms with Gasteiger partial charge in [-0.25, -0.2) is 8.42 Å². The summed E-state index contributed by atoms with van der Waals surface area (Å²) in [5, 5.41) is 0. The van der Waals surface area contributed by atoms with E-state index in [2.05, 4.69) is 6.07 Å². The van der Waals surface area contributed by atoms with Gasteiger partial charge in [0.2, 0.25) is 10.0 Å². The molecule has 7 heteroatoms. The maximum atomic E-state index is 11.7. The number of fused-ring (bicyclic) bond motifs is 1. The molecule has 0 bridgehead atoms. The highest BCUT2D eigenvalue weighted by Crippen LogP contribution is 2.36. The van der Waals surface area contributed by atoms with E-state index < -0.39 is 10.0 Å². The van der Waals surface area contributed by atoms with Crippen LogP contribution >= 0.6 is 0 Å². The second kappa shape index (κ2) is 5.31. The first-order chi connectivity index (χ1) is 10.5. The van der Waals surface area contributed by atoms with E-state index in [1.165, 1.54) is 16.1 Å². The summed E-state index contributed by atoms with van der Waals surface area (Å²) in [4.78, 5) is 0. The van der Waals surface area contributed by atoms with Crippen molar-refractivity contribution in [2.24, 2.45) is 0 Å². The predicted molar refractivity (Wildman–Crippen MR) is 91.1 cm³/mol. The Morgan fingerprint density at radius 3 is 2.26 bits per heavy atom. The smallest absolute Gasteiger partial charge is 0.399 e. The number of benzene rings is 1. The van der Waals surface area contributed by atoms with Crippen LogP contribution in [0.15, 0.2) is 18.2 Å². The zero-order chi connectivity index (χ0) is 17.0. The van der Waals surface area contributed by atoms with E-state index in [0.29, 0.717) is 13.1 Å². The normalized spacial score (nSPS) is 23.8. The molecule has 0 atom stereocenters. The molecular weight excluding hydrogens is 313 g/mol. The van der Waals surface area contributed by atoms with Crippen molar-refractivity contribution in [3.63, 3.8) is 0 Å². The third-order valence-corrected chi connectivity index (χ3v) is 6.45. The molecule has 5 nitrogen and oxygen atoms in total. The Morgan fingerprint density at radius 2 is 1.70 bits per heavy atom. The van der Waals surface area contributed by atoms with E-state index in [1.807, 2.05) is 39.8 Å². The van der Waals surface area contributed by atoms with Crippen molar-refractivity contribution in [1.82, 2.24) is 4.31 Å². The molecule has 1 saturated heterocycles. The zero-order valence-electron chi connectivity index (χ0n) is 14.4. The van der Waals surface area contributed by atoms with Gasteiger partial charge < -0.3 is 9.31 Å².